The molecule has 0 unspecified atom stereocenters. The third kappa shape index (κ3) is 3.01. The molecule has 2 heterocycles. The van der Waals surface area contributed by atoms with Crippen molar-refractivity contribution in [2.45, 2.75) is 6.92 Å². The summed E-state index contributed by atoms with van der Waals surface area (Å²) in [6.45, 7) is 1.84. The molecule has 21 heavy (non-hydrogen) atoms. The lowest BCUT2D eigenvalue weighted by Gasteiger charge is -2.05. The Hall–Kier alpha value is -2.05. The third-order valence-corrected chi connectivity index (χ3v) is 4.72. The SMILES string of the molecule is Cc1ccc(F)c(NC(=O)c2csc(-c3cccs3)n2)c1. The molecule has 0 aliphatic rings. The summed E-state index contributed by atoms with van der Waals surface area (Å²) in [6.07, 6.45) is 0. The van der Waals surface area contributed by atoms with E-state index in [0.717, 1.165) is 15.4 Å². The van der Waals surface area contributed by atoms with Crippen LogP contribution in [0.25, 0.3) is 9.88 Å². The van der Waals surface area contributed by atoms with Gasteiger partial charge in [-0.2, -0.15) is 0 Å². The van der Waals surface area contributed by atoms with E-state index in [1.807, 2.05) is 24.4 Å². The second-order valence-electron chi connectivity index (χ2n) is 4.45. The van der Waals surface area contributed by atoms with E-state index in [2.05, 4.69) is 10.3 Å². The molecule has 0 radical (unpaired) electrons. The lowest BCUT2D eigenvalue weighted by atomic mass is 10.2. The van der Waals surface area contributed by atoms with Gasteiger partial charge in [0.25, 0.3) is 5.91 Å². The van der Waals surface area contributed by atoms with Gasteiger partial charge in [-0.15, -0.1) is 22.7 Å². The van der Waals surface area contributed by atoms with Crippen LogP contribution in [0.3, 0.4) is 0 Å². The molecule has 0 atom stereocenters. The number of anilines is 1. The fraction of sp³-hybridized carbons (Fsp3) is 0.0667. The Kier molecular flexibility index (Phi) is 3.81. The van der Waals surface area contributed by atoms with Crippen molar-refractivity contribution in [3.63, 3.8) is 0 Å². The Bertz CT molecular complexity index is 781. The molecule has 3 nitrogen and oxygen atoms in total. The normalized spacial score (nSPS) is 10.6. The minimum absolute atomic E-state index is 0.172. The number of rotatable bonds is 3. The molecule has 106 valence electrons. The first-order valence-electron chi connectivity index (χ1n) is 6.20. The molecule has 1 N–H and O–H groups in total. The minimum atomic E-state index is -0.456. The molecular weight excluding hydrogens is 307 g/mol. The highest BCUT2D eigenvalue weighted by atomic mass is 32.1. The number of hydrogen-bond donors (Lipinski definition) is 1. The summed E-state index contributed by atoms with van der Waals surface area (Å²) in [5.41, 5.74) is 1.35. The van der Waals surface area contributed by atoms with Gasteiger partial charge in [0.15, 0.2) is 0 Å². The summed E-state index contributed by atoms with van der Waals surface area (Å²) in [6, 6.07) is 8.47. The van der Waals surface area contributed by atoms with Gasteiger partial charge in [0.2, 0.25) is 0 Å². The highest BCUT2D eigenvalue weighted by Gasteiger charge is 2.14. The van der Waals surface area contributed by atoms with E-state index in [9.17, 15) is 9.18 Å². The molecule has 1 aromatic carbocycles. The van der Waals surface area contributed by atoms with Gasteiger partial charge < -0.3 is 5.32 Å². The summed E-state index contributed by atoms with van der Waals surface area (Å²) in [5, 5.41) is 6.99. The van der Waals surface area contributed by atoms with Crippen molar-refractivity contribution in [2.75, 3.05) is 5.32 Å². The van der Waals surface area contributed by atoms with Crippen LogP contribution in [0.1, 0.15) is 16.1 Å². The second-order valence-corrected chi connectivity index (χ2v) is 6.26. The Labute approximate surface area is 129 Å². The van der Waals surface area contributed by atoms with Crippen molar-refractivity contribution in [3.05, 3.63) is 58.2 Å². The number of benzene rings is 1. The van der Waals surface area contributed by atoms with Crippen LogP contribution in [0.2, 0.25) is 0 Å². The smallest absolute Gasteiger partial charge is 0.275 e. The van der Waals surface area contributed by atoms with Crippen LogP contribution < -0.4 is 5.32 Å². The lowest BCUT2D eigenvalue weighted by Crippen LogP contribution is -2.13. The first-order valence-corrected chi connectivity index (χ1v) is 7.96. The highest BCUT2D eigenvalue weighted by Crippen LogP contribution is 2.28. The third-order valence-electron chi connectivity index (χ3n) is 2.84. The summed E-state index contributed by atoms with van der Waals surface area (Å²) in [7, 11) is 0. The van der Waals surface area contributed by atoms with Gasteiger partial charge in [-0.1, -0.05) is 12.1 Å². The number of thiazole rings is 1. The predicted octanol–water partition coefficient (Wildman–Crippen LogP) is 4.57. The second kappa shape index (κ2) is 5.75. The number of carbonyl (C=O) groups is 1. The lowest BCUT2D eigenvalue weighted by molar-refractivity contribution is 0.102. The standard InChI is InChI=1S/C15H11FN2OS2/c1-9-4-5-10(16)11(7-9)17-14(19)12-8-21-15(18-12)13-3-2-6-20-13/h2-8H,1H3,(H,17,19). The topological polar surface area (TPSA) is 42.0 Å². The zero-order valence-corrected chi connectivity index (χ0v) is 12.7. The van der Waals surface area contributed by atoms with Crippen molar-refractivity contribution in [1.82, 2.24) is 4.98 Å². The molecule has 0 saturated heterocycles. The number of nitrogens with zero attached hydrogens (tertiary/aromatic N) is 1. The predicted molar refractivity (Wildman–Crippen MR) is 84.5 cm³/mol. The van der Waals surface area contributed by atoms with E-state index < -0.39 is 11.7 Å². The van der Waals surface area contributed by atoms with Gasteiger partial charge in [-0.3, -0.25) is 4.79 Å². The van der Waals surface area contributed by atoms with Gasteiger partial charge >= 0.3 is 0 Å². The van der Waals surface area contributed by atoms with Crippen molar-refractivity contribution < 1.29 is 9.18 Å². The van der Waals surface area contributed by atoms with Gasteiger partial charge in [-0.25, -0.2) is 9.37 Å². The van der Waals surface area contributed by atoms with E-state index in [1.54, 1.807) is 28.8 Å². The molecule has 1 amide bonds. The number of carbonyl (C=O) groups excluding carboxylic acids is 1. The Morgan fingerprint density at radius 1 is 1.29 bits per heavy atom. The van der Waals surface area contributed by atoms with Crippen LogP contribution >= 0.6 is 22.7 Å². The largest absolute Gasteiger partial charge is 0.318 e. The van der Waals surface area contributed by atoms with Crippen LogP contribution in [-0.4, -0.2) is 10.9 Å². The first-order chi connectivity index (χ1) is 10.1. The Morgan fingerprint density at radius 3 is 2.90 bits per heavy atom. The number of aryl methyl sites for hydroxylation is 1. The fourth-order valence-electron chi connectivity index (χ4n) is 1.81. The molecular formula is C15H11FN2OS2. The average Bonchev–Trinajstić information content (AvgIpc) is 3.12. The number of halogens is 1. The van der Waals surface area contributed by atoms with Gasteiger partial charge in [0.05, 0.1) is 10.6 Å². The maximum Gasteiger partial charge on any atom is 0.275 e. The molecule has 0 aliphatic heterocycles. The number of thiophene rings is 1. The molecule has 2 aromatic heterocycles. The molecule has 3 aromatic rings. The number of amides is 1. The quantitative estimate of drug-likeness (QED) is 0.768. The van der Waals surface area contributed by atoms with Crippen LogP contribution in [-0.2, 0) is 0 Å². The number of nitrogens with one attached hydrogen (secondary N) is 1. The van der Waals surface area contributed by atoms with Crippen LogP contribution in [0.15, 0.2) is 41.1 Å². The summed E-state index contributed by atoms with van der Waals surface area (Å²) in [5.74, 6) is -0.860. The summed E-state index contributed by atoms with van der Waals surface area (Å²) < 4.78 is 13.6. The maximum absolute atomic E-state index is 13.6. The zero-order valence-electron chi connectivity index (χ0n) is 11.1. The van der Waals surface area contributed by atoms with Gasteiger partial charge in [-0.05, 0) is 36.1 Å². The summed E-state index contributed by atoms with van der Waals surface area (Å²) >= 11 is 2.96. The Morgan fingerprint density at radius 2 is 2.14 bits per heavy atom. The molecule has 3 rings (SSSR count). The zero-order chi connectivity index (χ0) is 14.8. The van der Waals surface area contributed by atoms with Crippen LogP contribution in [0, 0.1) is 12.7 Å². The van der Waals surface area contributed by atoms with E-state index >= 15 is 0 Å². The molecule has 0 aliphatic carbocycles. The fourth-order valence-corrected chi connectivity index (χ4v) is 3.43. The number of hydrogen-bond acceptors (Lipinski definition) is 4. The highest BCUT2D eigenvalue weighted by molar-refractivity contribution is 7.20. The van der Waals surface area contributed by atoms with E-state index in [0.29, 0.717) is 5.69 Å². The van der Waals surface area contributed by atoms with Crippen LogP contribution in [0.4, 0.5) is 10.1 Å². The average molecular weight is 318 g/mol. The number of aromatic nitrogens is 1. The molecule has 0 spiro atoms. The summed E-state index contributed by atoms with van der Waals surface area (Å²) in [4.78, 5) is 17.4. The van der Waals surface area contributed by atoms with Crippen molar-refractivity contribution in [3.8, 4) is 9.88 Å². The molecule has 6 heteroatoms. The van der Waals surface area contributed by atoms with Gasteiger partial charge in [0, 0.05) is 5.38 Å². The molecule has 0 bridgehead atoms. The van der Waals surface area contributed by atoms with E-state index in [-0.39, 0.29) is 5.69 Å². The van der Waals surface area contributed by atoms with Crippen molar-refractivity contribution in [2.24, 2.45) is 0 Å². The maximum atomic E-state index is 13.6. The molecule has 0 fully saturated rings. The minimum Gasteiger partial charge on any atom is -0.318 e. The Balaban J connectivity index is 1.81. The van der Waals surface area contributed by atoms with E-state index in [1.165, 1.54) is 17.4 Å². The van der Waals surface area contributed by atoms with Gasteiger partial charge in [0.1, 0.15) is 16.5 Å². The van der Waals surface area contributed by atoms with Crippen LogP contribution in [0.5, 0.6) is 0 Å². The van der Waals surface area contributed by atoms with Crippen molar-refractivity contribution >= 4 is 34.3 Å². The van der Waals surface area contributed by atoms with E-state index in [4.69, 9.17) is 0 Å². The first kappa shape index (κ1) is 13.9. The monoisotopic (exact) mass is 318 g/mol. The molecule has 0 saturated carbocycles. The van der Waals surface area contributed by atoms with Crippen molar-refractivity contribution in [1.29, 1.82) is 0 Å².